The van der Waals surface area contributed by atoms with E-state index in [1.54, 1.807) is 34.1 Å². The summed E-state index contributed by atoms with van der Waals surface area (Å²) in [4.78, 5) is 62.7. The van der Waals surface area contributed by atoms with Crippen molar-refractivity contribution >= 4 is 44.4 Å². The van der Waals surface area contributed by atoms with Crippen LogP contribution in [-0.4, -0.2) is 78.5 Å². The molecule has 7 atom stereocenters. The van der Waals surface area contributed by atoms with Crippen molar-refractivity contribution in [1.82, 2.24) is 14.6 Å². The van der Waals surface area contributed by atoms with E-state index in [0.29, 0.717) is 42.7 Å². The summed E-state index contributed by atoms with van der Waals surface area (Å²) in [6.45, 7) is 9.50. The monoisotopic (exact) mass is 765 g/mol. The Morgan fingerprint density at radius 1 is 1.06 bits per heavy atom. The van der Waals surface area contributed by atoms with Crippen molar-refractivity contribution in [3.05, 3.63) is 42.6 Å². The average Bonchev–Trinajstić information content (AvgIpc) is 3.60. The number of Topliss-reactive ketones (excluding diaryl/α,β-unsaturated/α-hetero) is 1. The number of nitrogens with one attached hydrogen (secondary N) is 1. The number of esters is 1. The minimum Gasteiger partial charge on any atom is -0.494 e. The van der Waals surface area contributed by atoms with Crippen LogP contribution in [0.2, 0.25) is 0 Å². The van der Waals surface area contributed by atoms with Gasteiger partial charge in [0.1, 0.15) is 17.5 Å². The van der Waals surface area contributed by atoms with Gasteiger partial charge in [-0.3, -0.25) is 23.9 Å². The Morgan fingerprint density at radius 3 is 2.44 bits per heavy atom. The number of ketones is 1. The van der Waals surface area contributed by atoms with E-state index >= 15 is 0 Å². The molecule has 12 nitrogen and oxygen atoms in total. The number of sulfonamides is 1. The maximum atomic E-state index is 14.8. The smallest absolute Gasteiger partial charge is 0.307 e. The molecule has 1 saturated heterocycles. The number of methoxy groups -OCH3 is 1. The van der Waals surface area contributed by atoms with Crippen LogP contribution in [0.4, 0.5) is 0 Å². The summed E-state index contributed by atoms with van der Waals surface area (Å²) in [5.41, 5.74) is -2.00. The number of aromatic nitrogens is 1. The third-order valence-corrected chi connectivity index (χ3v) is 13.5. The van der Waals surface area contributed by atoms with Gasteiger partial charge in [-0.05, 0) is 83.1 Å². The van der Waals surface area contributed by atoms with Crippen molar-refractivity contribution in [2.45, 2.75) is 122 Å². The molecule has 2 aliphatic heterocycles. The number of benzene rings is 1. The summed E-state index contributed by atoms with van der Waals surface area (Å²) in [7, 11) is -2.32. The Kier molecular flexibility index (Phi) is 11.5. The van der Waals surface area contributed by atoms with E-state index in [2.05, 4.69) is 16.6 Å². The van der Waals surface area contributed by atoms with E-state index < -0.39 is 56.2 Å². The predicted molar refractivity (Wildman–Crippen MR) is 203 cm³/mol. The number of ether oxygens (including phenoxy) is 3. The molecule has 6 rings (SSSR count). The SMILES string of the molecule is COc1cnc(O[C@@H]2C[C@H]3C(=O)C[C@]4(C(=O)NS(=O)(=O)C5CCC5)C[C@H]4/C=C\CC[C@H](C)C[C@@H](C)[C@H](CC(=O)OC(C)(C)C)C(=O)N3C2)c2ccccc12. The molecule has 2 aromatic rings. The molecule has 0 bridgehead atoms. The van der Waals surface area contributed by atoms with Gasteiger partial charge in [-0.15, -0.1) is 0 Å². The molecule has 2 aliphatic carbocycles. The van der Waals surface area contributed by atoms with Crippen LogP contribution in [0.15, 0.2) is 42.6 Å². The fraction of sp³-hybridized carbons (Fsp3) is 0.634. The summed E-state index contributed by atoms with van der Waals surface area (Å²) in [5.74, 6) is -2.02. The highest BCUT2D eigenvalue weighted by Crippen LogP contribution is 2.57. The fourth-order valence-corrected chi connectivity index (χ4v) is 9.99. The largest absolute Gasteiger partial charge is 0.494 e. The van der Waals surface area contributed by atoms with Crippen molar-refractivity contribution in [2.75, 3.05) is 13.7 Å². The Morgan fingerprint density at radius 2 is 1.78 bits per heavy atom. The summed E-state index contributed by atoms with van der Waals surface area (Å²) in [6.07, 6.45) is 9.00. The van der Waals surface area contributed by atoms with Crippen LogP contribution in [0.3, 0.4) is 0 Å². The van der Waals surface area contributed by atoms with Gasteiger partial charge in [-0.25, -0.2) is 13.4 Å². The molecular weight excluding hydrogens is 711 g/mol. The molecule has 0 radical (unpaired) electrons. The number of pyridine rings is 1. The van der Waals surface area contributed by atoms with Gasteiger partial charge in [0.05, 0.1) is 48.9 Å². The van der Waals surface area contributed by atoms with Gasteiger partial charge in [0.2, 0.25) is 27.7 Å². The van der Waals surface area contributed by atoms with Crippen molar-refractivity contribution in [2.24, 2.45) is 29.1 Å². The first-order valence-corrected chi connectivity index (χ1v) is 20.9. The molecule has 2 saturated carbocycles. The number of carbonyl (C=O) groups is 4. The van der Waals surface area contributed by atoms with Crippen molar-refractivity contribution in [3.8, 4) is 11.6 Å². The third kappa shape index (κ3) is 8.61. The lowest BCUT2D eigenvalue weighted by Crippen LogP contribution is -2.48. The van der Waals surface area contributed by atoms with Crippen molar-refractivity contribution < 1.29 is 41.8 Å². The predicted octanol–water partition coefficient (Wildman–Crippen LogP) is 5.92. The maximum Gasteiger partial charge on any atom is 0.307 e. The lowest BCUT2D eigenvalue weighted by molar-refractivity contribution is -0.160. The van der Waals surface area contributed by atoms with E-state index in [4.69, 9.17) is 14.2 Å². The highest BCUT2D eigenvalue weighted by atomic mass is 32.2. The molecule has 4 aliphatic rings. The maximum absolute atomic E-state index is 14.8. The first-order chi connectivity index (χ1) is 25.5. The van der Waals surface area contributed by atoms with Crippen LogP contribution in [0.25, 0.3) is 10.8 Å². The van der Waals surface area contributed by atoms with E-state index in [0.717, 1.165) is 24.6 Å². The van der Waals surface area contributed by atoms with Crippen LogP contribution in [0, 0.1) is 29.1 Å². The zero-order valence-corrected chi connectivity index (χ0v) is 33.2. The number of amides is 2. The topological polar surface area (TPSA) is 158 Å². The van der Waals surface area contributed by atoms with Crippen LogP contribution in [0.1, 0.15) is 98.8 Å². The highest BCUT2D eigenvalue weighted by Gasteiger charge is 2.61. The van der Waals surface area contributed by atoms with Crippen LogP contribution in [-0.2, 0) is 33.9 Å². The molecule has 54 heavy (non-hydrogen) atoms. The molecule has 3 fully saturated rings. The Balaban J connectivity index is 1.35. The molecule has 0 unspecified atom stereocenters. The summed E-state index contributed by atoms with van der Waals surface area (Å²) < 4.78 is 46.3. The standard InChI is InChI=1S/C41H55N3O9S/c1-25-12-7-8-13-27-21-41(27,39(48)43-54(49,50)29-14-11-15-29)22-34(45)33-19-28(52-37-31-17-10-9-16-30(31)35(51-6)23-42-37)24-44(33)38(47)32(26(2)18-25)20-36(46)53-40(3,4)5/h8-10,13,16-17,23,25-29,32-33H,7,11-12,14-15,18-22,24H2,1-6H3,(H,43,48)/b13-8-/t25-,26+,27+,28+,32-,33-,41+/m0/s1. The number of carbonyl (C=O) groups excluding carboxylic acids is 4. The van der Waals surface area contributed by atoms with Gasteiger partial charge in [0.15, 0.2) is 5.78 Å². The molecule has 1 aromatic heterocycles. The van der Waals surface area contributed by atoms with Gasteiger partial charge >= 0.3 is 5.97 Å². The minimum atomic E-state index is -3.88. The third-order valence-electron chi connectivity index (χ3n) is 11.7. The lowest BCUT2D eigenvalue weighted by Gasteiger charge is -2.32. The van der Waals surface area contributed by atoms with Gasteiger partial charge in [0, 0.05) is 23.6 Å². The second kappa shape index (κ2) is 15.6. The molecule has 3 heterocycles. The number of hydrogen-bond donors (Lipinski definition) is 1. The van der Waals surface area contributed by atoms with Crippen LogP contribution in [0.5, 0.6) is 11.6 Å². The molecule has 294 valence electrons. The second-order valence-electron chi connectivity index (χ2n) is 17.0. The summed E-state index contributed by atoms with van der Waals surface area (Å²) in [5, 5.41) is 0.890. The highest BCUT2D eigenvalue weighted by molar-refractivity contribution is 7.90. The van der Waals surface area contributed by atoms with E-state index in [1.807, 2.05) is 43.3 Å². The van der Waals surface area contributed by atoms with Crippen molar-refractivity contribution in [3.63, 3.8) is 0 Å². The number of allylic oxidation sites excluding steroid dienone is 2. The number of hydrogen-bond acceptors (Lipinski definition) is 10. The van der Waals surface area contributed by atoms with E-state index in [-0.39, 0.29) is 55.3 Å². The van der Waals surface area contributed by atoms with E-state index in [9.17, 15) is 27.6 Å². The number of rotatable bonds is 8. The Bertz CT molecular complexity index is 1900. The molecule has 13 heteroatoms. The van der Waals surface area contributed by atoms with Crippen LogP contribution < -0.4 is 14.2 Å². The fourth-order valence-electron chi connectivity index (χ4n) is 8.41. The average molecular weight is 766 g/mol. The first-order valence-electron chi connectivity index (χ1n) is 19.4. The Hall–Kier alpha value is -4.00. The first kappa shape index (κ1) is 39.7. The van der Waals surface area contributed by atoms with E-state index in [1.165, 1.54) is 4.90 Å². The van der Waals surface area contributed by atoms with Crippen molar-refractivity contribution in [1.29, 1.82) is 0 Å². The van der Waals surface area contributed by atoms with Gasteiger partial charge < -0.3 is 19.1 Å². The molecule has 2 amide bonds. The van der Waals surface area contributed by atoms with Crippen LogP contribution >= 0.6 is 0 Å². The Labute approximate surface area is 318 Å². The summed E-state index contributed by atoms with van der Waals surface area (Å²) >= 11 is 0. The van der Waals surface area contributed by atoms with Gasteiger partial charge in [-0.2, -0.15) is 0 Å². The zero-order valence-electron chi connectivity index (χ0n) is 32.3. The minimum absolute atomic E-state index is 0.0585. The molecule has 1 aromatic carbocycles. The van der Waals surface area contributed by atoms with Gasteiger partial charge in [0.25, 0.3) is 0 Å². The van der Waals surface area contributed by atoms with Gasteiger partial charge in [-0.1, -0.05) is 50.6 Å². The number of fused-ring (bicyclic) bond motifs is 3. The molecular formula is C41H55N3O9S. The number of nitrogens with zero attached hydrogens (tertiary/aromatic N) is 2. The summed E-state index contributed by atoms with van der Waals surface area (Å²) in [6, 6.07) is 6.54. The zero-order chi connectivity index (χ0) is 39.0. The normalized spacial score (nSPS) is 30.2. The lowest BCUT2D eigenvalue weighted by atomic mass is 9.82. The quantitative estimate of drug-likeness (QED) is 0.253. The molecule has 0 spiro atoms. The molecule has 1 N–H and O–H groups in total. The second-order valence-corrected chi connectivity index (χ2v) is 19.0.